The molecule has 0 atom stereocenters. The summed E-state index contributed by atoms with van der Waals surface area (Å²) in [5, 5.41) is 3.03. The molecule has 0 unspecified atom stereocenters. The van der Waals surface area contributed by atoms with Gasteiger partial charge in [-0.1, -0.05) is 23.7 Å². The van der Waals surface area contributed by atoms with E-state index in [9.17, 15) is 14.4 Å². The number of carbonyl (C=O) groups excluding carboxylic acids is 3. The molecule has 0 spiro atoms. The number of esters is 1. The number of ether oxygens (including phenoxy) is 1. The van der Waals surface area contributed by atoms with Gasteiger partial charge in [-0.15, -0.1) is 0 Å². The van der Waals surface area contributed by atoms with E-state index < -0.39 is 5.97 Å². The summed E-state index contributed by atoms with van der Waals surface area (Å²) in [6.45, 7) is -0.366. The molecule has 0 fully saturated rings. The lowest BCUT2D eigenvalue weighted by molar-refractivity contribution is -0.116. The van der Waals surface area contributed by atoms with Gasteiger partial charge in [0, 0.05) is 17.7 Å². The molecule has 0 saturated heterocycles. The average molecular weight is 344 g/mol. The third-order valence-electron chi connectivity index (χ3n) is 3.75. The van der Waals surface area contributed by atoms with Gasteiger partial charge < -0.3 is 10.1 Å². The van der Waals surface area contributed by atoms with E-state index in [2.05, 4.69) is 5.32 Å². The minimum atomic E-state index is -0.640. The van der Waals surface area contributed by atoms with E-state index >= 15 is 0 Å². The zero-order chi connectivity index (χ0) is 17.1. The van der Waals surface area contributed by atoms with Crippen molar-refractivity contribution in [3.05, 3.63) is 64.2 Å². The number of aryl methyl sites for hydroxylation is 1. The van der Waals surface area contributed by atoms with Gasteiger partial charge in [-0.05, 0) is 42.3 Å². The van der Waals surface area contributed by atoms with Crippen molar-refractivity contribution >= 4 is 34.9 Å². The van der Waals surface area contributed by atoms with Crippen LogP contribution in [0.5, 0.6) is 0 Å². The quantitative estimate of drug-likeness (QED) is 0.683. The van der Waals surface area contributed by atoms with E-state index in [0.29, 0.717) is 18.4 Å². The molecule has 2 aromatic rings. The number of halogens is 1. The fourth-order valence-electron chi connectivity index (χ4n) is 2.48. The molecular formula is C18H14ClNO4. The Morgan fingerprint density at radius 3 is 2.71 bits per heavy atom. The maximum absolute atomic E-state index is 12.2. The van der Waals surface area contributed by atoms with Crippen LogP contribution in [-0.4, -0.2) is 24.3 Å². The number of anilines is 1. The highest BCUT2D eigenvalue weighted by Gasteiger charge is 2.18. The number of rotatable bonds is 4. The monoisotopic (exact) mass is 343 g/mol. The number of hydrogen-bond donors (Lipinski definition) is 1. The topological polar surface area (TPSA) is 72.5 Å². The van der Waals surface area contributed by atoms with Crippen molar-refractivity contribution in [3.63, 3.8) is 0 Å². The standard InChI is InChI=1S/C18H14ClNO4/c19-14-4-2-1-3-13(14)18(23)24-10-16(21)12-5-7-15-11(9-12)6-8-17(22)20-15/h1-5,7,9H,6,8,10H2,(H,20,22). The third-order valence-corrected chi connectivity index (χ3v) is 4.08. The van der Waals surface area contributed by atoms with Gasteiger partial charge in [0.2, 0.25) is 5.91 Å². The lowest BCUT2D eigenvalue weighted by atomic mass is 9.99. The van der Waals surface area contributed by atoms with Gasteiger partial charge in [0.25, 0.3) is 0 Å². The second-order valence-electron chi connectivity index (χ2n) is 5.40. The Labute approximate surface area is 143 Å². The summed E-state index contributed by atoms with van der Waals surface area (Å²) in [5.41, 5.74) is 2.28. The van der Waals surface area contributed by atoms with E-state index in [-0.39, 0.29) is 28.9 Å². The number of amides is 1. The number of benzene rings is 2. The van der Waals surface area contributed by atoms with Crippen LogP contribution in [0, 0.1) is 0 Å². The Kier molecular flexibility index (Phi) is 4.62. The first-order valence-corrected chi connectivity index (χ1v) is 7.80. The minimum absolute atomic E-state index is 0.0322. The Hall–Kier alpha value is -2.66. The first-order chi connectivity index (χ1) is 11.5. The van der Waals surface area contributed by atoms with Crippen molar-refractivity contribution in [1.82, 2.24) is 0 Å². The molecule has 1 aliphatic rings. The normalized spacial score (nSPS) is 13.0. The van der Waals surface area contributed by atoms with Gasteiger partial charge in [-0.3, -0.25) is 9.59 Å². The van der Waals surface area contributed by atoms with Crippen LogP contribution in [0.1, 0.15) is 32.7 Å². The fraction of sp³-hybridized carbons (Fsp3) is 0.167. The molecule has 0 saturated carbocycles. The summed E-state index contributed by atoms with van der Waals surface area (Å²) in [6, 6.07) is 11.5. The van der Waals surface area contributed by atoms with Crippen LogP contribution in [0.2, 0.25) is 5.02 Å². The van der Waals surface area contributed by atoms with Crippen molar-refractivity contribution in [1.29, 1.82) is 0 Å². The average Bonchev–Trinajstić information content (AvgIpc) is 2.59. The molecule has 5 nitrogen and oxygen atoms in total. The molecule has 1 amide bonds. The van der Waals surface area contributed by atoms with Crippen LogP contribution in [-0.2, 0) is 16.0 Å². The second-order valence-corrected chi connectivity index (χ2v) is 5.81. The van der Waals surface area contributed by atoms with E-state index in [1.807, 2.05) is 0 Å². The Balaban J connectivity index is 1.66. The number of Topliss-reactive ketones (excluding diaryl/α,β-unsaturated/α-hetero) is 1. The van der Waals surface area contributed by atoms with E-state index in [1.54, 1.807) is 36.4 Å². The largest absolute Gasteiger partial charge is 0.454 e. The Bertz CT molecular complexity index is 832. The van der Waals surface area contributed by atoms with Crippen LogP contribution < -0.4 is 5.32 Å². The molecule has 1 N–H and O–H groups in total. The van der Waals surface area contributed by atoms with Crippen molar-refractivity contribution in [3.8, 4) is 0 Å². The molecule has 122 valence electrons. The highest BCUT2D eigenvalue weighted by atomic mass is 35.5. The molecule has 0 bridgehead atoms. The lowest BCUT2D eigenvalue weighted by Gasteiger charge is -2.17. The summed E-state index contributed by atoms with van der Waals surface area (Å²) in [5.74, 6) is -0.982. The third kappa shape index (κ3) is 3.46. The number of nitrogens with one attached hydrogen (secondary N) is 1. The number of ketones is 1. The van der Waals surface area contributed by atoms with Gasteiger partial charge in [0.1, 0.15) is 0 Å². The predicted octanol–water partition coefficient (Wildman–Crippen LogP) is 3.26. The van der Waals surface area contributed by atoms with Gasteiger partial charge in [-0.25, -0.2) is 4.79 Å². The second kappa shape index (κ2) is 6.84. The van der Waals surface area contributed by atoms with Crippen LogP contribution in [0.4, 0.5) is 5.69 Å². The van der Waals surface area contributed by atoms with Gasteiger partial charge in [-0.2, -0.15) is 0 Å². The van der Waals surface area contributed by atoms with Crippen molar-refractivity contribution in [2.24, 2.45) is 0 Å². The maximum Gasteiger partial charge on any atom is 0.340 e. The van der Waals surface area contributed by atoms with Crippen LogP contribution in [0.15, 0.2) is 42.5 Å². The van der Waals surface area contributed by atoms with Crippen molar-refractivity contribution < 1.29 is 19.1 Å². The highest BCUT2D eigenvalue weighted by molar-refractivity contribution is 6.33. The molecule has 0 aliphatic carbocycles. The zero-order valence-electron chi connectivity index (χ0n) is 12.7. The summed E-state index contributed by atoms with van der Waals surface area (Å²) >= 11 is 5.92. The molecule has 2 aromatic carbocycles. The Morgan fingerprint density at radius 2 is 1.92 bits per heavy atom. The first-order valence-electron chi connectivity index (χ1n) is 7.42. The highest BCUT2D eigenvalue weighted by Crippen LogP contribution is 2.24. The summed E-state index contributed by atoms with van der Waals surface area (Å²) < 4.78 is 5.04. The molecule has 1 aliphatic heterocycles. The van der Waals surface area contributed by atoms with E-state index in [4.69, 9.17) is 16.3 Å². The van der Waals surface area contributed by atoms with Crippen LogP contribution in [0.25, 0.3) is 0 Å². The lowest BCUT2D eigenvalue weighted by Crippen LogP contribution is -2.20. The molecular weight excluding hydrogens is 330 g/mol. The predicted molar refractivity (Wildman–Crippen MR) is 89.5 cm³/mol. The van der Waals surface area contributed by atoms with Gasteiger partial charge in [0.15, 0.2) is 12.4 Å². The molecule has 0 radical (unpaired) electrons. The summed E-state index contributed by atoms with van der Waals surface area (Å²) in [4.78, 5) is 35.5. The van der Waals surface area contributed by atoms with E-state index in [0.717, 1.165) is 11.3 Å². The number of carbonyl (C=O) groups is 3. The zero-order valence-corrected chi connectivity index (χ0v) is 13.4. The summed E-state index contributed by atoms with van der Waals surface area (Å²) in [6.07, 6.45) is 0.980. The smallest absolute Gasteiger partial charge is 0.340 e. The van der Waals surface area contributed by atoms with Gasteiger partial charge >= 0.3 is 5.97 Å². The minimum Gasteiger partial charge on any atom is -0.454 e. The molecule has 0 aromatic heterocycles. The number of hydrogen-bond acceptors (Lipinski definition) is 4. The van der Waals surface area contributed by atoms with Crippen LogP contribution >= 0.6 is 11.6 Å². The first kappa shape index (κ1) is 16.2. The fourth-order valence-corrected chi connectivity index (χ4v) is 2.69. The van der Waals surface area contributed by atoms with Gasteiger partial charge in [0.05, 0.1) is 10.6 Å². The Morgan fingerprint density at radius 1 is 1.12 bits per heavy atom. The SMILES string of the molecule is O=C1CCc2cc(C(=O)COC(=O)c3ccccc3Cl)ccc2N1. The van der Waals surface area contributed by atoms with Crippen molar-refractivity contribution in [2.75, 3.05) is 11.9 Å². The molecule has 24 heavy (non-hydrogen) atoms. The molecule has 3 rings (SSSR count). The maximum atomic E-state index is 12.2. The summed E-state index contributed by atoms with van der Waals surface area (Å²) in [7, 11) is 0. The van der Waals surface area contributed by atoms with E-state index in [1.165, 1.54) is 6.07 Å². The van der Waals surface area contributed by atoms with Crippen LogP contribution in [0.3, 0.4) is 0 Å². The molecule has 6 heteroatoms. The molecule has 1 heterocycles. The number of fused-ring (bicyclic) bond motifs is 1. The van der Waals surface area contributed by atoms with Crippen molar-refractivity contribution in [2.45, 2.75) is 12.8 Å².